The van der Waals surface area contributed by atoms with E-state index >= 15 is 0 Å². The van der Waals surface area contributed by atoms with Gasteiger partial charge in [0.1, 0.15) is 17.5 Å². The Kier molecular flexibility index (Phi) is 3.61. The smallest absolute Gasteiger partial charge is 0.137 e. The van der Waals surface area contributed by atoms with Crippen molar-refractivity contribution in [2.75, 3.05) is 24.3 Å². The first kappa shape index (κ1) is 13.4. The van der Waals surface area contributed by atoms with Crippen LogP contribution in [0.15, 0.2) is 16.8 Å². The van der Waals surface area contributed by atoms with Gasteiger partial charge in [-0.3, -0.25) is 0 Å². The van der Waals surface area contributed by atoms with Crippen molar-refractivity contribution < 1.29 is 0 Å². The van der Waals surface area contributed by atoms with Gasteiger partial charge in [-0.15, -0.1) is 0 Å². The Morgan fingerprint density at radius 2 is 2.20 bits per heavy atom. The maximum absolute atomic E-state index is 4.80. The number of rotatable bonds is 5. The molecule has 1 aliphatic rings. The summed E-state index contributed by atoms with van der Waals surface area (Å²) in [4.78, 5) is 11.7. The molecule has 0 aliphatic heterocycles. The number of nitrogens with one attached hydrogen (secondary N) is 1. The van der Waals surface area contributed by atoms with E-state index in [0.29, 0.717) is 5.92 Å². The van der Waals surface area contributed by atoms with Crippen LogP contribution in [0.4, 0.5) is 11.6 Å². The van der Waals surface area contributed by atoms with E-state index in [4.69, 9.17) is 4.98 Å². The summed E-state index contributed by atoms with van der Waals surface area (Å²) in [7, 11) is 4.03. The summed E-state index contributed by atoms with van der Waals surface area (Å²) in [5.41, 5.74) is 2.45. The van der Waals surface area contributed by atoms with Gasteiger partial charge in [-0.2, -0.15) is 11.3 Å². The highest BCUT2D eigenvalue weighted by molar-refractivity contribution is 7.07. The molecule has 5 heteroatoms. The van der Waals surface area contributed by atoms with E-state index in [1.165, 1.54) is 18.4 Å². The maximum Gasteiger partial charge on any atom is 0.137 e. The molecule has 1 aliphatic carbocycles. The van der Waals surface area contributed by atoms with Crippen molar-refractivity contribution in [2.24, 2.45) is 0 Å². The molecule has 0 amide bonds. The second-order valence-electron chi connectivity index (χ2n) is 5.39. The normalized spacial score (nSPS) is 14.3. The Balaban J connectivity index is 1.92. The highest BCUT2D eigenvalue weighted by atomic mass is 32.1. The standard InChI is InChI=1S/C15H20N4S/c1-10-13(16-2)17-14(12-4-5-12)18-15(10)19(3)8-11-6-7-20-9-11/h6-7,9,12H,4-5,8H2,1-3H3,(H,16,17,18). The van der Waals surface area contributed by atoms with Crippen molar-refractivity contribution in [3.63, 3.8) is 0 Å². The Hall–Kier alpha value is -1.62. The Morgan fingerprint density at radius 1 is 1.40 bits per heavy atom. The SMILES string of the molecule is CNc1nc(C2CC2)nc(N(C)Cc2ccsc2)c1C. The average molecular weight is 288 g/mol. The first-order valence-corrected chi connectivity index (χ1v) is 7.92. The van der Waals surface area contributed by atoms with Crippen LogP contribution in [0.25, 0.3) is 0 Å². The van der Waals surface area contributed by atoms with Gasteiger partial charge < -0.3 is 10.2 Å². The summed E-state index contributed by atoms with van der Waals surface area (Å²) >= 11 is 1.73. The topological polar surface area (TPSA) is 41.1 Å². The minimum absolute atomic E-state index is 0.566. The zero-order valence-corrected chi connectivity index (χ0v) is 13.0. The summed E-state index contributed by atoms with van der Waals surface area (Å²) in [6.07, 6.45) is 2.44. The molecule has 0 unspecified atom stereocenters. The first-order valence-electron chi connectivity index (χ1n) is 6.97. The molecule has 0 saturated heterocycles. The van der Waals surface area contributed by atoms with Crippen LogP contribution >= 0.6 is 11.3 Å². The quantitative estimate of drug-likeness (QED) is 0.915. The number of thiophene rings is 1. The van der Waals surface area contributed by atoms with Crippen molar-refractivity contribution in [3.8, 4) is 0 Å². The lowest BCUT2D eigenvalue weighted by Gasteiger charge is -2.22. The van der Waals surface area contributed by atoms with Crippen LogP contribution in [0.1, 0.15) is 35.7 Å². The molecule has 1 fully saturated rings. The summed E-state index contributed by atoms with van der Waals surface area (Å²) in [6, 6.07) is 2.17. The number of nitrogens with zero attached hydrogens (tertiary/aromatic N) is 3. The molecule has 2 heterocycles. The van der Waals surface area contributed by atoms with Gasteiger partial charge in [-0.25, -0.2) is 9.97 Å². The van der Waals surface area contributed by atoms with E-state index in [1.54, 1.807) is 11.3 Å². The number of hydrogen-bond acceptors (Lipinski definition) is 5. The zero-order valence-electron chi connectivity index (χ0n) is 12.2. The molecule has 1 saturated carbocycles. The Morgan fingerprint density at radius 3 is 2.80 bits per heavy atom. The van der Waals surface area contributed by atoms with Gasteiger partial charge in [-0.1, -0.05) is 0 Å². The fourth-order valence-corrected chi connectivity index (χ4v) is 3.05. The van der Waals surface area contributed by atoms with Crippen molar-refractivity contribution in [1.82, 2.24) is 9.97 Å². The lowest BCUT2D eigenvalue weighted by Crippen LogP contribution is -2.20. The molecular formula is C15H20N4S. The summed E-state index contributed by atoms with van der Waals surface area (Å²) in [5.74, 6) is 3.55. The van der Waals surface area contributed by atoms with E-state index in [1.807, 2.05) is 7.05 Å². The molecule has 0 bridgehead atoms. The summed E-state index contributed by atoms with van der Waals surface area (Å²) < 4.78 is 0. The van der Waals surface area contributed by atoms with Crippen LogP contribution in [0, 0.1) is 6.92 Å². The van der Waals surface area contributed by atoms with Gasteiger partial charge >= 0.3 is 0 Å². The molecular weight excluding hydrogens is 268 g/mol. The monoisotopic (exact) mass is 288 g/mol. The first-order chi connectivity index (χ1) is 9.69. The van der Waals surface area contributed by atoms with Gasteiger partial charge in [0, 0.05) is 32.1 Å². The molecule has 20 heavy (non-hydrogen) atoms. The predicted octanol–water partition coefficient (Wildman–Crippen LogP) is 3.40. The van der Waals surface area contributed by atoms with E-state index in [-0.39, 0.29) is 0 Å². The van der Waals surface area contributed by atoms with Gasteiger partial charge in [0.25, 0.3) is 0 Å². The molecule has 2 aromatic heterocycles. The van der Waals surface area contributed by atoms with Crippen LogP contribution in [0.5, 0.6) is 0 Å². The van der Waals surface area contributed by atoms with E-state index in [9.17, 15) is 0 Å². The van der Waals surface area contributed by atoms with Gasteiger partial charge in [0.05, 0.1) is 0 Å². The molecule has 3 rings (SSSR count). The summed E-state index contributed by atoms with van der Waals surface area (Å²) in [5, 5.41) is 7.50. The van der Waals surface area contributed by atoms with Crippen LogP contribution in [0.2, 0.25) is 0 Å². The minimum Gasteiger partial charge on any atom is -0.373 e. The van der Waals surface area contributed by atoms with Crippen LogP contribution < -0.4 is 10.2 Å². The van der Waals surface area contributed by atoms with Gasteiger partial charge in [-0.05, 0) is 42.2 Å². The van der Waals surface area contributed by atoms with Gasteiger partial charge in [0.2, 0.25) is 0 Å². The molecule has 0 radical (unpaired) electrons. The Bertz CT molecular complexity index is 590. The number of hydrogen-bond donors (Lipinski definition) is 1. The number of aromatic nitrogens is 2. The Labute approximate surface area is 123 Å². The van der Waals surface area contributed by atoms with Gasteiger partial charge in [0.15, 0.2) is 0 Å². The van der Waals surface area contributed by atoms with Crippen molar-refractivity contribution in [1.29, 1.82) is 0 Å². The van der Waals surface area contributed by atoms with Crippen LogP contribution in [-0.4, -0.2) is 24.1 Å². The van der Waals surface area contributed by atoms with Crippen LogP contribution in [0.3, 0.4) is 0 Å². The third-order valence-electron chi connectivity index (χ3n) is 3.68. The minimum atomic E-state index is 0.566. The van der Waals surface area contributed by atoms with Crippen molar-refractivity contribution >= 4 is 23.0 Å². The molecule has 2 aromatic rings. The van der Waals surface area contributed by atoms with Crippen molar-refractivity contribution in [2.45, 2.75) is 32.2 Å². The fraction of sp³-hybridized carbons (Fsp3) is 0.467. The highest BCUT2D eigenvalue weighted by Crippen LogP contribution is 2.40. The second-order valence-corrected chi connectivity index (χ2v) is 6.17. The van der Waals surface area contributed by atoms with E-state index in [2.05, 4.69) is 46.0 Å². The molecule has 106 valence electrons. The lowest BCUT2D eigenvalue weighted by molar-refractivity contribution is 0.848. The fourth-order valence-electron chi connectivity index (χ4n) is 2.39. The molecule has 0 spiro atoms. The molecule has 0 aromatic carbocycles. The van der Waals surface area contributed by atoms with E-state index in [0.717, 1.165) is 29.6 Å². The predicted molar refractivity (Wildman–Crippen MR) is 84.7 cm³/mol. The molecule has 4 nitrogen and oxygen atoms in total. The highest BCUT2D eigenvalue weighted by Gasteiger charge is 2.28. The lowest BCUT2D eigenvalue weighted by atomic mass is 10.2. The third-order valence-corrected chi connectivity index (χ3v) is 4.41. The largest absolute Gasteiger partial charge is 0.373 e. The molecule has 1 N–H and O–H groups in total. The molecule has 0 atom stereocenters. The second kappa shape index (κ2) is 5.40. The zero-order chi connectivity index (χ0) is 14.1. The number of anilines is 2. The summed E-state index contributed by atoms with van der Waals surface area (Å²) in [6.45, 7) is 2.97. The average Bonchev–Trinajstić information content (AvgIpc) is 3.17. The van der Waals surface area contributed by atoms with Crippen molar-refractivity contribution in [3.05, 3.63) is 33.8 Å². The van der Waals surface area contributed by atoms with E-state index < -0.39 is 0 Å². The third kappa shape index (κ3) is 2.63. The maximum atomic E-state index is 4.80. The van der Waals surface area contributed by atoms with Crippen LogP contribution in [-0.2, 0) is 6.54 Å².